The van der Waals surface area contributed by atoms with Gasteiger partial charge in [0.05, 0.1) is 12.5 Å². The number of aryl methyl sites for hydroxylation is 1. The number of carbonyl (C=O) groups excluding carboxylic acids is 3. The van der Waals surface area contributed by atoms with Crippen LogP contribution >= 0.6 is 0 Å². The van der Waals surface area contributed by atoms with E-state index in [0.717, 1.165) is 16.7 Å². The number of rotatable bonds is 7. The average molecular weight is 434 g/mol. The molecule has 3 rings (SSSR count). The lowest BCUT2D eigenvalue weighted by molar-refractivity contribution is -0.125. The summed E-state index contributed by atoms with van der Waals surface area (Å²) in [5, 5.41) is 11.6. The van der Waals surface area contributed by atoms with E-state index in [1.165, 1.54) is 10.5 Å². The van der Waals surface area contributed by atoms with Gasteiger partial charge in [0, 0.05) is 6.54 Å². The zero-order valence-electron chi connectivity index (χ0n) is 17.9. The second kappa shape index (κ2) is 10.4. The summed E-state index contributed by atoms with van der Waals surface area (Å²) < 4.78 is 5.42. The maximum atomic E-state index is 12.6. The number of nitrogens with zero attached hydrogens (tertiary/aromatic N) is 2. The van der Waals surface area contributed by atoms with Gasteiger partial charge in [-0.1, -0.05) is 54.1 Å². The van der Waals surface area contributed by atoms with Crippen molar-refractivity contribution in [2.24, 2.45) is 5.73 Å². The number of benzene rings is 2. The molecule has 0 unspecified atom stereocenters. The maximum Gasteiger partial charge on any atom is 0.410 e. The summed E-state index contributed by atoms with van der Waals surface area (Å²) >= 11 is 0. The summed E-state index contributed by atoms with van der Waals surface area (Å²) in [5.41, 5.74) is 9.30. The average Bonchev–Trinajstić information content (AvgIpc) is 3.27. The Hall–Kier alpha value is -3.86. The minimum absolute atomic E-state index is 0.0836. The molecule has 2 atom stereocenters. The minimum atomic E-state index is -1.02. The first-order valence-electron chi connectivity index (χ1n) is 10.4. The molecule has 0 aliphatic carbocycles. The molecule has 2 aromatic rings. The predicted octanol–water partition coefficient (Wildman–Crippen LogP) is 2.65. The van der Waals surface area contributed by atoms with Crippen molar-refractivity contribution in [1.29, 1.82) is 5.26 Å². The topological polar surface area (TPSA) is 126 Å². The second-order valence-electron chi connectivity index (χ2n) is 7.83. The first kappa shape index (κ1) is 22.8. The van der Waals surface area contributed by atoms with Crippen molar-refractivity contribution in [2.75, 3.05) is 6.54 Å². The molecule has 32 heavy (non-hydrogen) atoms. The number of nitrogens with one attached hydrogen (secondary N) is 1. The Morgan fingerprint density at radius 2 is 1.97 bits per heavy atom. The Morgan fingerprint density at radius 1 is 1.22 bits per heavy atom. The third-order valence-electron chi connectivity index (χ3n) is 5.34. The van der Waals surface area contributed by atoms with Gasteiger partial charge in [0.25, 0.3) is 0 Å². The summed E-state index contributed by atoms with van der Waals surface area (Å²) in [6, 6.07) is 16.0. The van der Waals surface area contributed by atoms with E-state index < -0.39 is 30.0 Å². The van der Waals surface area contributed by atoms with Crippen LogP contribution in [0.15, 0.2) is 48.5 Å². The minimum Gasteiger partial charge on any atom is -0.445 e. The van der Waals surface area contributed by atoms with Gasteiger partial charge in [0.1, 0.15) is 18.7 Å². The van der Waals surface area contributed by atoms with Crippen LogP contribution in [-0.4, -0.2) is 41.4 Å². The zero-order valence-corrected chi connectivity index (χ0v) is 17.9. The van der Waals surface area contributed by atoms with E-state index in [-0.39, 0.29) is 13.0 Å². The lowest BCUT2D eigenvalue weighted by atomic mass is 10.0. The number of ether oxygens (including phenoxy) is 1. The number of hydrogen-bond donors (Lipinski definition) is 2. The smallest absolute Gasteiger partial charge is 0.410 e. The summed E-state index contributed by atoms with van der Waals surface area (Å²) in [5.74, 6) is -1.18. The summed E-state index contributed by atoms with van der Waals surface area (Å²) in [7, 11) is 0. The predicted molar refractivity (Wildman–Crippen MR) is 118 cm³/mol. The maximum absolute atomic E-state index is 12.6. The van der Waals surface area contributed by atoms with Crippen molar-refractivity contribution in [3.05, 3.63) is 59.7 Å². The molecule has 0 radical (unpaired) electrons. The molecule has 0 bridgehead atoms. The van der Waals surface area contributed by atoms with E-state index in [1.54, 1.807) is 0 Å². The largest absolute Gasteiger partial charge is 0.445 e. The molecule has 0 saturated carbocycles. The molecular weight excluding hydrogens is 408 g/mol. The van der Waals surface area contributed by atoms with Crippen LogP contribution in [0.4, 0.5) is 4.79 Å². The number of amides is 3. The van der Waals surface area contributed by atoms with Crippen LogP contribution < -0.4 is 11.1 Å². The van der Waals surface area contributed by atoms with Crippen LogP contribution in [0.25, 0.3) is 11.1 Å². The van der Waals surface area contributed by atoms with Crippen LogP contribution in [-0.2, 0) is 20.9 Å². The Labute approximate surface area is 187 Å². The molecule has 8 heteroatoms. The first-order valence-corrected chi connectivity index (χ1v) is 10.4. The quantitative estimate of drug-likeness (QED) is 0.693. The highest BCUT2D eigenvalue weighted by molar-refractivity contribution is 5.87. The van der Waals surface area contributed by atoms with Gasteiger partial charge in [-0.15, -0.1) is 0 Å². The van der Waals surface area contributed by atoms with Gasteiger partial charge < -0.3 is 15.8 Å². The van der Waals surface area contributed by atoms with E-state index in [4.69, 9.17) is 15.7 Å². The lowest BCUT2D eigenvalue weighted by Crippen LogP contribution is -2.49. The number of likely N-dealkylation sites (tertiary alicyclic amines) is 1. The molecule has 3 N–H and O–H groups in total. The number of hydrogen-bond acceptors (Lipinski definition) is 5. The molecule has 8 nitrogen and oxygen atoms in total. The molecule has 1 saturated heterocycles. The molecular formula is C24H26N4O4. The van der Waals surface area contributed by atoms with Gasteiger partial charge in [0.15, 0.2) is 0 Å². The zero-order chi connectivity index (χ0) is 23.1. The molecule has 2 aromatic carbocycles. The summed E-state index contributed by atoms with van der Waals surface area (Å²) in [6.07, 6.45) is 0.235. The molecule has 166 valence electrons. The van der Waals surface area contributed by atoms with E-state index in [2.05, 4.69) is 11.4 Å². The van der Waals surface area contributed by atoms with Crippen LogP contribution in [0.1, 0.15) is 30.4 Å². The first-order chi connectivity index (χ1) is 15.4. The molecule has 1 heterocycles. The highest BCUT2D eigenvalue weighted by atomic mass is 16.6. The molecule has 1 fully saturated rings. The van der Waals surface area contributed by atoms with Crippen LogP contribution in [0, 0.1) is 18.3 Å². The Kier molecular flexibility index (Phi) is 7.45. The number of carbonyl (C=O) groups is 3. The highest BCUT2D eigenvalue weighted by Crippen LogP contribution is 2.22. The number of nitrogens with two attached hydrogens (primary N) is 1. The molecule has 3 amide bonds. The van der Waals surface area contributed by atoms with Crippen molar-refractivity contribution in [2.45, 2.75) is 44.9 Å². The molecule has 1 aliphatic rings. The fourth-order valence-corrected chi connectivity index (χ4v) is 3.70. The summed E-state index contributed by atoms with van der Waals surface area (Å²) in [4.78, 5) is 37.5. The van der Waals surface area contributed by atoms with Gasteiger partial charge in [-0.25, -0.2) is 4.79 Å². The highest BCUT2D eigenvalue weighted by Gasteiger charge is 2.36. The van der Waals surface area contributed by atoms with Gasteiger partial charge in [0.2, 0.25) is 11.8 Å². The van der Waals surface area contributed by atoms with Crippen molar-refractivity contribution in [3.8, 4) is 17.2 Å². The molecule has 0 aromatic heterocycles. The second-order valence-corrected chi connectivity index (χ2v) is 7.83. The standard InChI is InChI=1S/C24H26N4O4/c1-16-4-2-5-19(12-16)18-9-7-17(8-10-18)15-32-24(31)28-11-3-6-21(28)23(30)27-20(14-25)13-22(26)29/h2,4-5,7-10,12,20-21H,3,6,11,13,15H2,1H3,(H2,26,29)(H,27,30)/t20-,21-/m0/s1. The van der Waals surface area contributed by atoms with Crippen LogP contribution in [0.5, 0.6) is 0 Å². The van der Waals surface area contributed by atoms with Crippen molar-refractivity contribution in [3.63, 3.8) is 0 Å². The van der Waals surface area contributed by atoms with E-state index in [9.17, 15) is 14.4 Å². The van der Waals surface area contributed by atoms with E-state index >= 15 is 0 Å². The van der Waals surface area contributed by atoms with Crippen LogP contribution in [0.2, 0.25) is 0 Å². The van der Waals surface area contributed by atoms with E-state index in [0.29, 0.717) is 19.4 Å². The Bertz CT molecular complexity index is 1030. The lowest BCUT2D eigenvalue weighted by Gasteiger charge is -2.24. The Balaban J connectivity index is 1.56. The van der Waals surface area contributed by atoms with Gasteiger partial charge in [-0.2, -0.15) is 5.26 Å². The third kappa shape index (κ3) is 5.85. The molecule has 0 spiro atoms. The SMILES string of the molecule is Cc1cccc(-c2ccc(COC(=O)N3CCC[C@H]3C(=O)N[C@H](C#N)CC(N)=O)cc2)c1. The fraction of sp³-hybridized carbons (Fsp3) is 0.333. The monoisotopic (exact) mass is 434 g/mol. The number of nitriles is 1. The van der Waals surface area contributed by atoms with E-state index in [1.807, 2.05) is 55.5 Å². The number of primary amides is 1. The van der Waals surface area contributed by atoms with Gasteiger partial charge in [-0.05, 0) is 36.5 Å². The summed E-state index contributed by atoms with van der Waals surface area (Å²) in [6.45, 7) is 2.51. The van der Waals surface area contributed by atoms with Crippen molar-refractivity contribution < 1.29 is 19.1 Å². The van der Waals surface area contributed by atoms with Crippen molar-refractivity contribution in [1.82, 2.24) is 10.2 Å². The normalized spacial score (nSPS) is 16.1. The van der Waals surface area contributed by atoms with Crippen molar-refractivity contribution >= 4 is 17.9 Å². The van der Waals surface area contributed by atoms with Gasteiger partial charge >= 0.3 is 6.09 Å². The van der Waals surface area contributed by atoms with Crippen LogP contribution in [0.3, 0.4) is 0 Å². The third-order valence-corrected chi connectivity index (χ3v) is 5.34. The Morgan fingerprint density at radius 3 is 2.62 bits per heavy atom. The fourth-order valence-electron chi connectivity index (χ4n) is 3.70. The van der Waals surface area contributed by atoms with Gasteiger partial charge in [-0.3, -0.25) is 14.5 Å². The molecule has 1 aliphatic heterocycles.